The Labute approximate surface area is 133 Å². The molecule has 1 unspecified atom stereocenters. The SMILES string of the molecule is Cc1ccccc1C(C)Nc1cnn(C(C)C)c(=O)c1Br. The molecule has 1 heterocycles. The molecule has 0 saturated heterocycles. The maximum Gasteiger partial charge on any atom is 0.283 e. The van der Waals surface area contributed by atoms with E-state index in [1.165, 1.54) is 15.8 Å². The minimum atomic E-state index is -0.119. The van der Waals surface area contributed by atoms with Crippen molar-refractivity contribution < 1.29 is 0 Å². The third-order valence-electron chi connectivity index (χ3n) is 3.46. The van der Waals surface area contributed by atoms with E-state index in [0.29, 0.717) is 10.2 Å². The van der Waals surface area contributed by atoms with Crippen molar-refractivity contribution in [1.82, 2.24) is 9.78 Å². The van der Waals surface area contributed by atoms with Crippen LogP contribution in [0.3, 0.4) is 0 Å². The number of nitrogens with zero attached hydrogens (tertiary/aromatic N) is 2. The minimum Gasteiger partial charge on any atom is -0.376 e. The highest BCUT2D eigenvalue weighted by molar-refractivity contribution is 9.10. The number of aryl methyl sites for hydroxylation is 1. The molecule has 0 aliphatic rings. The average Bonchev–Trinajstić information content (AvgIpc) is 2.44. The summed E-state index contributed by atoms with van der Waals surface area (Å²) in [5.41, 5.74) is 3.02. The van der Waals surface area contributed by atoms with Gasteiger partial charge in [0.15, 0.2) is 0 Å². The zero-order valence-corrected chi connectivity index (χ0v) is 14.3. The maximum absolute atomic E-state index is 12.2. The Kier molecular flexibility index (Phi) is 4.83. The number of hydrogen-bond acceptors (Lipinski definition) is 3. The van der Waals surface area contributed by atoms with Crippen molar-refractivity contribution in [3.05, 3.63) is 56.4 Å². The molecule has 21 heavy (non-hydrogen) atoms. The van der Waals surface area contributed by atoms with Crippen molar-refractivity contribution in [2.45, 2.75) is 39.8 Å². The van der Waals surface area contributed by atoms with Crippen molar-refractivity contribution in [3.8, 4) is 0 Å². The topological polar surface area (TPSA) is 46.9 Å². The number of nitrogens with one attached hydrogen (secondary N) is 1. The number of halogens is 1. The van der Waals surface area contributed by atoms with E-state index in [9.17, 15) is 4.79 Å². The second-order valence-electron chi connectivity index (χ2n) is 5.44. The van der Waals surface area contributed by atoms with E-state index in [1.54, 1.807) is 6.20 Å². The number of anilines is 1. The van der Waals surface area contributed by atoms with Crippen molar-refractivity contribution in [2.24, 2.45) is 0 Å². The molecule has 0 radical (unpaired) electrons. The van der Waals surface area contributed by atoms with E-state index in [2.05, 4.69) is 52.3 Å². The Morgan fingerprint density at radius 2 is 1.90 bits per heavy atom. The molecule has 0 aliphatic carbocycles. The smallest absolute Gasteiger partial charge is 0.283 e. The summed E-state index contributed by atoms with van der Waals surface area (Å²) in [6, 6.07) is 8.34. The predicted octanol–water partition coefficient (Wildman–Crippen LogP) is 4.07. The molecule has 0 spiro atoms. The standard InChI is InChI=1S/C16H20BrN3O/c1-10(2)20-16(21)15(17)14(9-18-20)19-12(4)13-8-6-5-7-11(13)3/h5-10,12,19H,1-4H3. The highest BCUT2D eigenvalue weighted by Gasteiger charge is 2.14. The van der Waals surface area contributed by atoms with Crippen LogP contribution in [0.1, 0.15) is 44.0 Å². The summed E-state index contributed by atoms with van der Waals surface area (Å²) in [5.74, 6) is 0. The number of hydrogen-bond donors (Lipinski definition) is 1. The van der Waals surface area contributed by atoms with Gasteiger partial charge in [0, 0.05) is 6.04 Å². The van der Waals surface area contributed by atoms with Gasteiger partial charge in [-0.2, -0.15) is 5.10 Å². The first-order chi connectivity index (χ1) is 9.91. The Bertz CT molecular complexity index is 694. The van der Waals surface area contributed by atoms with Crippen LogP contribution in [0.2, 0.25) is 0 Å². The van der Waals surface area contributed by atoms with E-state index in [0.717, 1.165) is 0 Å². The molecule has 1 aromatic carbocycles. The summed E-state index contributed by atoms with van der Waals surface area (Å²) in [5, 5.41) is 7.57. The van der Waals surface area contributed by atoms with Crippen molar-refractivity contribution in [3.63, 3.8) is 0 Å². The second kappa shape index (κ2) is 6.43. The normalized spacial score (nSPS) is 12.5. The first-order valence-corrected chi connectivity index (χ1v) is 7.80. The summed E-state index contributed by atoms with van der Waals surface area (Å²) < 4.78 is 1.99. The van der Waals surface area contributed by atoms with E-state index < -0.39 is 0 Å². The molecule has 1 atom stereocenters. The van der Waals surface area contributed by atoms with Crippen molar-refractivity contribution in [2.75, 3.05) is 5.32 Å². The highest BCUT2D eigenvalue weighted by atomic mass is 79.9. The molecule has 0 bridgehead atoms. The van der Waals surface area contributed by atoms with Crippen molar-refractivity contribution in [1.29, 1.82) is 0 Å². The van der Waals surface area contributed by atoms with Gasteiger partial charge in [0.1, 0.15) is 4.47 Å². The molecule has 2 rings (SSSR count). The molecular formula is C16H20BrN3O. The molecule has 5 heteroatoms. The summed E-state index contributed by atoms with van der Waals surface area (Å²) in [7, 11) is 0. The molecule has 0 fully saturated rings. The number of benzene rings is 1. The highest BCUT2D eigenvalue weighted by Crippen LogP contribution is 2.25. The molecule has 1 aromatic heterocycles. The zero-order chi connectivity index (χ0) is 15.6. The molecule has 0 saturated carbocycles. The molecule has 1 N–H and O–H groups in total. The van der Waals surface area contributed by atoms with Gasteiger partial charge in [-0.25, -0.2) is 4.68 Å². The van der Waals surface area contributed by atoms with Crippen LogP contribution in [-0.4, -0.2) is 9.78 Å². The van der Waals surface area contributed by atoms with Crippen LogP contribution in [0.15, 0.2) is 39.7 Å². The average molecular weight is 350 g/mol. The van der Waals surface area contributed by atoms with Crippen LogP contribution >= 0.6 is 15.9 Å². The number of rotatable bonds is 4. The summed E-state index contributed by atoms with van der Waals surface area (Å²) in [4.78, 5) is 12.2. The zero-order valence-electron chi connectivity index (χ0n) is 12.7. The molecule has 0 aliphatic heterocycles. The third-order valence-corrected chi connectivity index (χ3v) is 4.23. The van der Waals surface area contributed by atoms with Gasteiger partial charge in [-0.05, 0) is 54.8 Å². The summed E-state index contributed by atoms with van der Waals surface area (Å²) >= 11 is 3.38. The van der Waals surface area contributed by atoms with Gasteiger partial charge < -0.3 is 5.32 Å². The van der Waals surface area contributed by atoms with E-state index in [4.69, 9.17) is 0 Å². The van der Waals surface area contributed by atoms with Gasteiger partial charge in [0.2, 0.25) is 0 Å². The van der Waals surface area contributed by atoms with Crippen molar-refractivity contribution >= 4 is 21.6 Å². The van der Waals surface area contributed by atoms with Crippen LogP contribution in [0.4, 0.5) is 5.69 Å². The van der Waals surface area contributed by atoms with Gasteiger partial charge in [0.05, 0.1) is 17.9 Å². The lowest BCUT2D eigenvalue weighted by molar-refractivity contribution is 0.501. The van der Waals surface area contributed by atoms with E-state index in [-0.39, 0.29) is 17.6 Å². The lowest BCUT2D eigenvalue weighted by atomic mass is 10.0. The molecular weight excluding hydrogens is 330 g/mol. The van der Waals surface area contributed by atoms with Crippen LogP contribution in [0, 0.1) is 6.92 Å². The fourth-order valence-corrected chi connectivity index (χ4v) is 2.70. The largest absolute Gasteiger partial charge is 0.376 e. The van der Waals surface area contributed by atoms with Gasteiger partial charge >= 0.3 is 0 Å². The maximum atomic E-state index is 12.2. The fourth-order valence-electron chi connectivity index (χ4n) is 2.30. The Hall–Kier alpha value is -1.62. The lowest BCUT2D eigenvalue weighted by Crippen LogP contribution is -2.26. The summed E-state index contributed by atoms with van der Waals surface area (Å²) in [6.45, 7) is 8.02. The second-order valence-corrected chi connectivity index (χ2v) is 6.23. The van der Waals surface area contributed by atoms with E-state index in [1.807, 2.05) is 26.0 Å². The Morgan fingerprint density at radius 3 is 2.52 bits per heavy atom. The molecule has 4 nitrogen and oxygen atoms in total. The van der Waals surface area contributed by atoms with Crippen LogP contribution in [0.25, 0.3) is 0 Å². The van der Waals surface area contributed by atoms with Crippen LogP contribution < -0.4 is 10.9 Å². The fraction of sp³-hybridized carbons (Fsp3) is 0.375. The van der Waals surface area contributed by atoms with Gasteiger partial charge in [-0.1, -0.05) is 24.3 Å². The quantitative estimate of drug-likeness (QED) is 0.904. The summed E-state index contributed by atoms with van der Waals surface area (Å²) in [6.07, 6.45) is 1.69. The Balaban J connectivity index is 2.31. The van der Waals surface area contributed by atoms with Crippen LogP contribution in [0.5, 0.6) is 0 Å². The van der Waals surface area contributed by atoms with Gasteiger partial charge in [-0.15, -0.1) is 0 Å². The van der Waals surface area contributed by atoms with Gasteiger partial charge in [0.25, 0.3) is 5.56 Å². The van der Waals surface area contributed by atoms with Crippen LogP contribution in [-0.2, 0) is 0 Å². The van der Waals surface area contributed by atoms with E-state index >= 15 is 0 Å². The first-order valence-electron chi connectivity index (χ1n) is 7.01. The Morgan fingerprint density at radius 1 is 1.24 bits per heavy atom. The lowest BCUT2D eigenvalue weighted by Gasteiger charge is -2.19. The minimum absolute atomic E-state index is 0.0386. The predicted molar refractivity (Wildman–Crippen MR) is 89.8 cm³/mol. The third kappa shape index (κ3) is 3.35. The molecule has 2 aromatic rings. The molecule has 0 amide bonds. The monoisotopic (exact) mass is 349 g/mol. The first kappa shape index (κ1) is 15.8. The number of aromatic nitrogens is 2. The molecule has 112 valence electrons. The van der Waals surface area contributed by atoms with Gasteiger partial charge in [-0.3, -0.25) is 4.79 Å².